The van der Waals surface area contributed by atoms with Gasteiger partial charge in [-0.1, -0.05) is 13.2 Å². The molecule has 0 fully saturated rings. The second-order valence-corrected chi connectivity index (χ2v) is 4.96. The Balaban J connectivity index is 2.47. The molecule has 26 heavy (non-hydrogen) atoms. The SMILES string of the molecule is C=CC(=O)NCCNC(=O)c1cncc(C(=O)NCCNC(=O)C=C)c1. The van der Waals surface area contributed by atoms with E-state index in [1.807, 2.05) is 0 Å². The summed E-state index contributed by atoms with van der Waals surface area (Å²) < 4.78 is 0. The molecule has 0 saturated carbocycles. The molecule has 4 N–H and O–H groups in total. The monoisotopic (exact) mass is 359 g/mol. The first-order valence-corrected chi connectivity index (χ1v) is 7.80. The van der Waals surface area contributed by atoms with Crippen LogP contribution in [0.3, 0.4) is 0 Å². The van der Waals surface area contributed by atoms with E-state index in [0.717, 1.165) is 12.2 Å². The van der Waals surface area contributed by atoms with Gasteiger partial charge in [-0.3, -0.25) is 24.2 Å². The highest BCUT2D eigenvalue weighted by molar-refractivity contribution is 5.99. The van der Waals surface area contributed by atoms with Gasteiger partial charge >= 0.3 is 0 Å². The second kappa shape index (κ2) is 11.1. The van der Waals surface area contributed by atoms with E-state index in [1.165, 1.54) is 18.5 Å². The minimum Gasteiger partial charge on any atom is -0.351 e. The van der Waals surface area contributed by atoms with Crippen molar-refractivity contribution in [2.24, 2.45) is 0 Å². The van der Waals surface area contributed by atoms with Crippen LogP contribution >= 0.6 is 0 Å². The Labute approximate surface area is 150 Å². The molecule has 0 aliphatic rings. The lowest BCUT2D eigenvalue weighted by Gasteiger charge is -2.08. The average molecular weight is 359 g/mol. The van der Waals surface area contributed by atoms with Gasteiger partial charge in [-0.2, -0.15) is 0 Å². The molecule has 0 saturated heterocycles. The molecular formula is C17H21N5O4. The first-order valence-electron chi connectivity index (χ1n) is 7.80. The number of nitrogens with zero attached hydrogens (tertiary/aromatic N) is 1. The van der Waals surface area contributed by atoms with Crippen LogP contribution in [0, 0.1) is 0 Å². The van der Waals surface area contributed by atoms with Crippen molar-refractivity contribution in [1.82, 2.24) is 26.3 Å². The molecule has 0 atom stereocenters. The summed E-state index contributed by atoms with van der Waals surface area (Å²) in [7, 11) is 0. The van der Waals surface area contributed by atoms with E-state index >= 15 is 0 Å². The highest BCUT2D eigenvalue weighted by Crippen LogP contribution is 2.02. The summed E-state index contributed by atoms with van der Waals surface area (Å²) in [5, 5.41) is 10.2. The molecule has 0 radical (unpaired) electrons. The van der Waals surface area contributed by atoms with Gasteiger partial charge in [0.25, 0.3) is 11.8 Å². The Hall–Kier alpha value is -3.49. The van der Waals surface area contributed by atoms with E-state index in [1.54, 1.807) is 0 Å². The lowest BCUT2D eigenvalue weighted by atomic mass is 10.2. The zero-order valence-corrected chi connectivity index (χ0v) is 14.2. The Kier molecular flexibility index (Phi) is 8.80. The smallest absolute Gasteiger partial charge is 0.252 e. The van der Waals surface area contributed by atoms with E-state index in [4.69, 9.17) is 0 Å². The molecular weight excluding hydrogens is 338 g/mol. The molecule has 1 aromatic rings. The Morgan fingerprint density at radius 1 is 0.769 bits per heavy atom. The normalized spacial score (nSPS) is 9.54. The van der Waals surface area contributed by atoms with Gasteiger partial charge in [0.15, 0.2) is 0 Å². The van der Waals surface area contributed by atoms with Gasteiger partial charge in [-0.05, 0) is 18.2 Å². The van der Waals surface area contributed by atoms with Crippen LogP contribution in [0.5, 0.6) is 0 Å². The highest BCUT2D eigenvalue weighted by atomic mass is 16.2. The van der Waals surface area contributed by atoms with Crippen LogP contribution < -0.4 is 21.3 Å². The van der Waals surface area contributed by atoms with E-state index in [2.05, 4.69) is 39.4 Å². The molecule has 9 nitrogen and oxygen atoms in total. The molecule has 0 aromatic carbocycles. The van der Waals surface area contributed by atoms with Gasteiger partial charge in [-0.25, -0.2) is 0 Å². The largest absolute Gasteiger partial charge is 0.351 e. The van der Waals surface area contributed by atoms with E-state index in [-0.39, 0.29) is 49.1 Å². The van der Waals surface area contributed by atoms with Crippen LogP contribution in [0.2, 0.25) is 0 Å². The van der Waals surface area contributed by atoms with Crippen LogP contribution in [0.15, 0.2) is 43.8 Å². The molecule has 1 heterocycles. The minimum atomic E-state index is -0.418. The maximum absolute atomic E-state index is 12.0. The molecule has 1 aromatic heterocycles. The van der Waals surface area contributed by atoms with Crippen molar-refractivity contribution in [1.29, 1.82) is 0 Å². The van der Waals surface area contributed by atoms with Crippen LogP contribution in [0.1, 0.15) is 20.7 Å². The molecule has 9 heteroatoms. The van der Waals surface area contributed by atoms with Crippen molar-refractivity contribution in [3.63, 3.8) is 0 Å². The molecule has 0 aliphatic heterocycles. The molecule has 4 amide bonds. The van der Waals surface area contributed by atoms with E-state index < -0.39 is 11.8 Å². The molecule has 0 bridgehead atoms. The lowest BCUT2D eigenvalue weighted by Crippen LogP contribution is -2.35. The third-order valence-electron chi connectivity index (χ3n) is 3.05. The number of amides is 4. The van der Waals surface area contributed by atoms with E-state index in [0.29, 0.717) is 0 Å². The van der Waals surface area contributed by atoms with E-state index in [9.17, 15) is 19.2 Å². The quantitative estimate of drug-likeness (QED) is 0.319. The van der Waals surface area contributed by atoms with Crippen LogP contribution in [-0.4, -0.2) is 54.8 Å². The Bertz CT molecular complexity index is 647. The van der Waals surface area contributed by atoms with Crippen molar-refractivity contribution >= 4 is 23.6 Å². The summed E-state index contributed by atoms with van der Waals surface area (Å²) >= 11 is 0. The van der Waals surface area contributed by atoms with Gasteiger partial charge in [0, 0.05) is 38.6 Å². The first-order chi connectivity index (χ1) is 12.5. The van der Waals surface area contributed by atoms with Crippen molar-refractivity contribution in [2.75, 3.05) is 26.2 Å². The van der Waals surface area contributed by atoms with Gasteiger partial charge < -0.3 is 21.3 Å². The summed E-state index contributed by atoms with van der Waals surface area (Å²) in [4.78, 5) is 49.9. The summed E-state index contributed by atoms with van der Waals surface area (Å²) in [5.41, 5.74) is 0.431. The summed E-state index contributed by atoms with van der Waals surface area (Å²) in [6.45, 7) is 7.58. The molecule has 138 valence electrons. The maximum Gasteiger partial charge on any atom is 0.252 e. The van der Waals surface area contributed by atoms with Gasteiger partial charge in [0.05, 0.1) is 11.1 Å². The highest BCUT2D eigenvalue weighted by Gasteiger charge is 2.11. The topological polar surface area (TPSA) is 129 Å². The minimum absolute atomic E-state index is 0.215. The summed E-state index contributed by atoms with van der Waals surface area (Å²) in [5.74, 6) is -1.50. The Morgan fingerprint density at radius 2 is 1.15 bits per heavy atom. The predicted octanol–water partition coefficient (Wildman–Crippen LogP) is -0.854. The predicted molar refractivity (Wildman–Crippen MR) is 95.3 cm³/mol. The third-order valence-corrected chi connectivity index (χ3v) is 3.05. The average Bonchev–Trinajstić information content (AvgIpc) is 2.67. The van der Waals surface area contributed by atoms with Crippen molar-refractivity contribution in [2.45, 2.75) is 0 Å². The Morgan fingerprint density at radius 3 is 1.54 bits per heavy atom. The summed E-state index contributed by atoms with van der Waals surface area (Å²) in [6, 6.07) is 1.41. The number of carbonyl (C=O) groups excluding carboxylic acids is 4. The van der Waals surface area contributed by atoms with Crippen molar-refractivity contribution in [3.05, 3.63) is 54.9 Å². The van der Waals surface area contributed by atoms with Crippen LogP contribution in [0.25, 0.3) is 0 Å². The van der Waals surface area contributed by atoms with Gasteiger partial charge in [-0.15, -0.1) is 0 Å². The number of hydrogen-bond acceptors (Lipinski definition) is 5. The number of hydrogen-bond donors (Lipinski definition) is 4. The zero-order valence-electron chi connectivity index (χ0n) is 14.2. The number of aromatic nitrogens is 1. The fourth-order valence-electron chi connectivity index (χ4n) is 1.76. The fourth-order valence-corrected chi connectivity index (χ4v) is 1.76. The van der Waals surface area contributed by atoms with Crippen molar-refractivity contribution in [3.8, 4) is 0 Å². The van der Waals surface area contributed by atoms with Crippen molar-refractivity contribution < 1.29 is 19.2 Å². The number of nitrogens with one attached hydrogen (secondary N) is 4. The fraction of sp³-hybridized carbons (Fsp3) is 0.235. The first kappa shape index (κ1) is 20.6. The van der Waals surface area contributed by atoms with Gasteiger partial charge in [0.1, 0.15) is 0 Å². The number of carbonyl (C=O) groups is 4. The number of pyridine rings is 1. The number of rotatable bonds is 10. The second-order valence-electron chi connectivity index (χ2n) is 4.96. The summed E-state index contributed by atoms with van der Waals surface area (Å²) in [6.07, 6.45) is 4.94. The van der Waals surface area contributed by atoms with Crippen LogP contribution in [-0.2, 0) is 9.59 Å². The molecule has 0 aliphatic carbocycles. The zero-order chi connectivity index (χ0) is 19.4. The maximum atomic E-state index is 12.0. The molecule has 0 unspecified atom stereocenters. The molecule has 0 spiro atoms. The van der Waals surface area contributed by atoms with Crippen LogP contribution in [0.4, 0.5) is 0 Å². The molecule has 1 rings (SSSR count). The standard InChI is InChI=1S/C17H21N5O4/c1-3-14(23)19-5-7-21-16(25)12-9-13(11-18-10-12)17(26)22-8-6-20-15(24)4-2/h3-4,9-11H,1-2,5-8H2,(H,19,23)(H,20,24)(H,21,25)(H,22,26). The lowest BCUT2D eigenvalue weighted by molar-refractivity contribution is -0.117. The van der Waals surface area contributed by atoms with Gasteiger partial charge in [0.2, 0.25) is 11.8 Å². The third kappa shape index (κ3) is 7.39.